The lowest BCUT2D eigenvalue weighted by Gasteiger charge is -2.16. The van der Waals surface area contributed by atoms with Crippen LogP contribution in [0.1, 0.15) is 6.42 Å². The Morgan fingerprint density at radius 1 is 1.00 bits per heavy atom. The van der Waals surface area contributed by atoms with Crippen LogP contribution >= 0.6 is 58.0 Å². The van der Waals surface area contributed by atoms with E-state index in [2.05, 4.69) is 5.32 Å². The van der Waals surface area contributed by atoms with Crippen LogP contribution in [0.4, 0.5) is 5.69 Å². The van der Waals surface area contributed by atoms with Crippen LogP contribution in [0.5, 0.6) is 17.2 Å². The van der Waals surface area contributed by atoms with Crippen LogP contribution in [0.2, 0.25) is 25.1 Å². The van der Waals surface area contributed by atoms with E-state index in [0.717, 1.165) is 0 Å². The Kier molecular flexibility index (Phi) is 6.71. The van der Waals surface area contributed by atoms with Gasteiger partial charge in [-0.1, -0.05) is 58.0 Å². The lowest BCUT2D eigenvalue weighted by molar-refractivity contribution is -0.139. The van der Waals surface area contributed by atoms with Crippen molar-refractivity contribution in [2.75, 3.05) is 5.32 Å². The van der Waals surface area contributed by atoms with Crippen molar-refractivity contribution in [1.82, 2.24) is 0 Å². The number of benzene rings is 2. The zero-order valence-corrected chi connectivity index (χ0v) is 16.2. The molecule has 2 aromatic rings. The molecule has 1 amide bonds. The number of aromatic hydroxyl groups is 1. The van der Waals surface area contributed by atoms with Crippen molar-refractivity contribution in [3.05, 3.63) is 43.3 Å². The van der Waals surface area contributed by atoms with Crippen molar-refractivity contribution in [1.29, 1.82) is 0 Å². The smallest absolute Gasteiger partial charge is 0.312 e. The second kappa shape index (κ2) is 8.41. The Hall–Kier alpha value is -1.57. The van der Waals surface area contributed by atoms with E-state index in [1.807, 2.05) is 0 Å². The van der Waals surface area contributed by atoms with E-state index >= 15 is 0 Å². The van der Waals surface area contributed by atoms with Crippen LogP contribution in [0.25, 0.3) is 0 Å². The predicted octanol–water partition coefficient (Wildman–Crippen LogP) is 5.86. The SMILES string of the molecule is O=C(O)CC(=O)Nc1c(Cl)c(Cl)c(Oc2ccc(O)c(Cl)c2)c(Cl)c1Cl. The normalized spacial score (nSPS) is 10.5. The summed E-state index contributed by atoms with van der Waals surface area (Å²) < 4.78 is 5.53. The van der Waals surface area contributed by atoms with E-state index in [1.165, 1.54) is 18.2 Å². The summed E-state index contributed by atoms with van der Waals surface area (Å²) in [6.45, 7) is 0. The minimum atomic E-state index is -1.34. The van der Waals surface area contributed by atoms with Crippen LogP contribution in [0.3, 0.4) is 0 Å². The number of halogens is 5. The molecule has 0 aromatic heterocycles. The topological polar surface area (TPSA) is 95.9 Å². The average molecular weight is 459 g/mol. The Bertz CT molecular complexity index is 873. The first kappa shape index (κ1) is 20.7. The maximum Gasteiger partial charge on any atom is 0.312 e. The number of carboxylic acids is 1. The molecule has 2 rings (SSSR count). The molecule has 3 N–H and O–H groups in total. The highest BCUT2D eigenvalue weighted by atomic mass is 35.5. The van der Waals surface area contributed by atoms with Gasteiger partial charge in [0, 0.05) is 6.07 Å². The number of carboxylic acid groups (broad SMARTS) is 1. The molecule has 26 heavy (non-hydrogen) atoms. The minimum absolute atomic E-state index is 0.0319. The number of ether oxygens (including phenoxy) is 1. The summed E-state index contributed by atoms with van der Waals surface area (Å²) in [7, 11) is 0. The van der Waals surface area contributed by atoms with Gasteiger partial charge in [-0.25, -0.2) is 0 Å². The second-order valence-corrected chi connectivity index (χ2v) is 6.71. The molecular weight excluding hydrogens is 451 g/mol. The Labute approximate surface area is 172 Å². The predicted molar refractivity (Wildman–Crippen MR) is 101 cm³/mol. The van der Waals surface area contributed by atoms with Crippen LogP contribution < -0.4 is 10.1 Å². The number of hydrogen-bond acceptors (Lipinski definition) is 4. The number of carbonyl (C=O) groups is 2. The molecule has 0 saturated heterocycles. The van der Waals surface area contributed by atoms with Crippen LogP contribution in [-0.4, -0.2) is 22.1 Å². The van der Waals surface area contributed by atoms with E-state index in [4.69, 9.17) is 67.8 Å². The van der Waals surface area contributed by atoms with Gasteiger partial charge in [0.1, 0.15) is 28.0 Å². The molecule has 138 valence electrons. The van der Waals surface area contributed by atoms with Gasteiger partial charge in [0.15, 0.2) is 5.75 Å². The quantitative estimate of drug-likeness (QED) is 0.384. The zero-order valence-electron chi connectivity index (χ0n) is 12.4. The summed E-state index contributed by atoms with van der Waals surface area (Å²) in [6.07, 6.45) is -0.799. The number of amides is 1. The summed E-state index contributed by atoms with van der Waals surface area (Å²) in [6, 6.07) is 4.01. The molecule has 6 nitrogen and oxygen atoms in total. The maximum atomic E-state index is 11.6. The lowest BCUT2D eigenvalue weighted by Crippen LogP contribution is -2.16. The lowest BCUT2D eigenvalue weighted by atomic mass is 10.2. The number of nitrogens with one attached hydrogen (secondary N) is 1. The number of aliphatic carboxylic acids is 1. The first-order valence-corrected chi connectivity index (χ1v) is 8.54. The highest BCUT2D eigenvalue weighted by Crippen LogP contribution is 2.50. The van der Waals surface area contributed by atoms with Gasteiger partial charge in [0.25, 0.3) is 0 Å². The third-order valence-electron chi connectivity index (χ3n) is 2.94. The van der Waals surface area contributed by atoms with E-state index in [1.54, 1.807) is 0 Å². The largest absolute Gasteiger partial charge is 0.506 e. The number of phenols is 1. The summed E-state index contributed by atoms with van der Waals surface area (Å²) >= 11 is 30.3. The van der Waals surface area contributed by atoms with Gasteiger partial charge in [-0.05, 0) is 12.1 Å². The number of rotatable bonds is 5. The number of anilines is 1. The molecule has 0 aliphatic rings. The Morgan fingerprint density at radius 2 is 1.58 bits per heavy atom. The van der Waals surface area contributed by atoms with Gasteiger partial charge in [0.05, 0.1) is 20.8 Å². The number of hydrogen-bond donors (Lipinski definition) is 3. The van der Waals surface area contributed by atoms with E-state index < -0.39 is 18.3 Å². The fraction of sp³-hybridized carbons (Fsp3) is 0.0667. The van der Waals surface area contributed by atoms with Gasteiger partial charge < -0.3 is 20.3 Å². The molecular formula is C15H8Cl5NO5. The minimum Gasteiger partial charge on any atom is -0.506 e. The van der Waals surface area contributed by atoms with Crippen molar-refractivity contribution >= 4 is 75.6 Å². The van der Waals surface area contributed by atoms with Crippen molar-refractivity contribution in [3.8, 4) is 17.2 Å². The van der Waals surface area contributed by atoms with Crippen molar-refractivity contribution in [2.24, 2.45) is 0 Å². The van der Waals surface area contributed by atoms with E-state index in [9.17, 15) is 14.7 Å². The zero-order chi connectivity index (χ0) is 19.6. The van der Waals surface area contributed by atoms with E-state index in [-0.39, 0.29) is 48.0 Å². The van der Waals surface area contributed by atoms with Crippen LogP contribution in [-0.2, 0) is 9.59 Å². The van der Waals surface area contributed by atoms with Crippen LogP contribution in [0.15, 0.2) is 18.2 Å². The molecule has 11 heteroatoms. The molecule has 0 spiro atoms. The van der Waals surface area contributed by atoms with Crippen molar-refractivity contribution in [3.63, 3.8) is 0 Å². The number of phenolic OH excluding ortho intramolecular Hbond substituents is 1. The summed E-state index contributed by atoms with van der Waals surface area (Å²) in [5, 5.41) is 19.6. The first-order valence-electron chi connectivity index (χ1n) is 6.65. The molecule has 0 fully saturated rings. The maximum absolute atomic E-state index is 11.6. The molecule has 0 aliphatic carbocycles. The molecule has 2 aromatic carbocycles. The third-order valence-corrected chi connectivity index (χ3v) is 4.91. The van der Waals surface area contributed by atoms with Crippen molar-refractivity contribution < 1.29 is 24.5 Å². The third kappa shape index (κ3) is 4.58. The first-order chi connectivity index (χ1) is 12.1. The molecule has 0 radical (unpaired) electrons. The highest BCUT2D eigenvalue weighted by molar-refractivity contribution is 6.52. The van der Waals surface area contributed by atoms with Crippen LogP contribution in [0, 0.1) is 0 Å². The monoisotopic (exact) mass is 457 g/mol. The molecule has 0 atom stereocenters. The molecule has 0 heterocycles. The van der Waals surface area contributed by atoms with Gasteiger partial charge in [-0.2, -0.15) is 0 Å². The average Bonchev–Trinajstić information content (AvgIpc) is 2.56. The molecule has 0 saturated carbocycles. The summed E-state index contributed by atoms with van der Waals surface area (Å²) in [4.78, 5) is 22.2. The molecule has 0 bridgehead atoms. The molecule has 0 unspecified atom stereocenters. The van der Waals surface area contributed by atoms with Gasteiger partial charge in [0.2, 0.25) is 5.91 Å². The Balaban J connectivity index is 2.42. The van der Waals surface area contributed by atoms with Gasteiger partial charge >= 0.3 is 5.97 Å². The highest BCUT2D eigenvalue weighted by Gasteiger charge is 2.24. The standard InChI is InChI=1S/C15H8Cl5NO5/c16-6-3-5(1-2-7(6)22)26-15-12(19)10(17)14(11(18)13(15)20)21-8(23)4-9(24)25/h1-3,22H,4H2,(H,21,23)(H,24,25). The van der Waals surface area contributed by atoms with E-state index in [0.29, 0.717) is 0 Å². The fourth-order valence-electron chi connectivity index (χ4n) is 1.80. The summed E-state index contributed by atoms with van der Waals surface area (Å²) in [5.41, 5.74) is -0.148. The van der Waals surface area contributed by atoms with Gasteiger partial charge in [-0.3, -0.25) is 9.59 Å². The summed E-state index contributed by atoms with van der Waals surface area (Å²) in [5.74, 6) is -2.28. The van der Waals surface area contributed by atoms with Crippen molar-refractivity contribution in [2.45, 2.75) is 6.42 Å². The Morgan fingerprint density at radius 3 is 2.08 bits per heavy atom. The fourth-order valence-corrected chi connectivity index (χ4v) is 2.98. The molecule has 0 aliphatic heterocycles. The number of carbonyl (C=O) groups excluding carboxylic acids is 1. The second-order valence-electron chi connectivity index (χ2n) is 4.79. The van der Waals surface area contributed by atoms with Gasteiger partial charge in [-0.15, -0.1) is 0 Å².